The number of benzene rings is 1. The van der Waals surface area contributed by atoms with E-state index in [0.717, 1.165) is 0 Å². The fourth-order valence-corrected chi connectivity index (χ4v) is 2.62. The minimum atomic E-state index is -3.74. The topological polar surface area (TPSA) is 75.3 Å². The Kier molecular flexibility index (Phi) is 5.53. The standard InChI is InChI=1S/C12H15ClN2O3S/c1-3-8-14-12(16)9(2)15-19(17,18)11-6-4-10(13)5-7-11/h3-7,9,15H,1,8H2,2H3,(H,14,16)/t9-/m0/s1. The zero-order valence-corrected chi connectivity index (χ0v) is 12.0. The molecule has 0 spiro atoms. The Hall–Kier alpha value is -1.37. The quantitative estimate of drug-likeness (QED) is 0.778. The smallest absolute Gasteiger partial charge is 0.241 e. The molecule has 0 fully saturated rings. The van der Waals surface area contributed by atoms with Crippen molar-refractivity contribution in [1.29, 1.82) is 0 Å². The van der Waals surface area contributed by atoms with Crippen molar-refractivity contribution in [3.8, 4) is 0 Å². The molecule has 0 aliphatic rings. The van der Waals surface area contributed by atoms with Crippen LogP contribution in [0.5, 0.6) is 0 Å². The lowest BCUT2D eigenvalue weighted by molar-refractivity contribution is -0.122. The van der Waals surface area contributed by atoms with Crippen LogP contribution in [0.1, 0.15) is 6.92 Å². The number of hydrogen-bond donors (Lipinski definition) is 2. The first kappa shape index (κ1) is 15.7. The minimum Gasteiger partial charge on any atom is -0.351 e. The van der Waals surface area contributed by atoms with E-state index in [1.807, 2.05) is 0 Å². The predicted molar refractivity (Wildman–Crippen MR) is 74.4 cm³/mol. The van der Waals surface area contributed by atoms with Crippen LogP contribution < -0.4 is 10.0 Å². The van der Waals surface area contributed by atoms with E-state index >= 15 is 0 Å². The van der Waals surface area contributed by atoms with Gasteiger partial charge in [0, 0.05) is 11.6 Å². The molecule has 0 bridgehead atoms. The Morgan fingerprint density at radius 1 is 1.42 bits per heavy atom. The van der Waals surface area contributed by atoms with Gasteiger partial charge in [-0.3, -0.25) is 4.79 Å². The third-order valence-electron chi connectivity index (χ3n) is 2.27. The molecule has 0 unspecified atom stereocenters. The van der Waals surface area contributed by atoms with Crippen LogP contribution >= 0.6 is 11.6 Å². The summed E-state index contributed by atoms with van der Waals surface area (Å²) in [6, 6.07) is 4.82. The molecular weight excluding hydrogens is 288 g/mol. The van der Waals surface area contributed by atoms with Crippen molar-refractivity contribution in [1.82, 2.24) is 10.0 Å². The molecular formula is C12H15ClN2O3S. The van der Waals surface area contributed by atoms with Gasteiger partial charge >= 0.3 is 0 Å². The fraction of sp³-hybridized carbons (Fsp3) is 0.250. The highest BCUT2D eigenvalue weighted by Gasteiger charge is 2.21. The largest absolute Gasteiger partial charge is 0.351 e. The van der Waals surface area contributed by atoms with E-state index in [2.05, 4.69) is 16.6 Å². The van der Waals surface area contributed by atoms with Crippen molar-refractivity contribution in [3.05, 3.63) is 41.9 Å². The molecule has 0 aromatic heterocycles. The molecule has 0 radical (unpaired) electrons. The molecule has 2 N–H and O–H groups in total. The summed E-state index contributed by atoms with van der Waals surface area (Å²) in [5.74, 6) is -0.419. The SMILES string of the molecule is C=CCNC(=O)[C@H](C)NS(=O)(=O)c1ccc(Cl)cc1. The lowest BCUT2D eigenvalue weighted by Crippen LogP contribution is -2.44. The Balaban J connectivity index is 2.76. The lowest BCUT2D eigenvalue weighted by Gasteiger charge is -2.13. The second-order valence-electron chi connectivity index (χ2n) is 3.83. The normalized spacial score (nSPS) is 12.7. The van der Waals surface area contributed by atoms with Gasteiger partial charge in [0.05, 0.1) is 10.9 Å². The van der Waals surface area contributed by atoms with Gasteiger partial charge in [-0.15, -0.1) is 6.58 Å². The van der Waals surface area contributed by atoms with E-state index < -0.39 is 22.0 Å². The maximum Gasteiger partial charge on any atom is 0.241 e. The highest BCUT2D eigenvalue weighted by atomic mass is 35.5. The van der Waals surface area contributed by atoms with E-state index in [1.165, 1.54) is 37.3 Å². The van der Waals surface area contributed by atoms with Gasteiger partial charge in [0.2, 0.25) is 15.9 Å². The predicted octanol–water partition coefficient (Wildman–Crippen LogP) is 1.31. The van der Waals surface area contributed by atoms with Gasteiger partial charge < -0.3 is 5.32 Å². The summed E-state index contributed by atoms with van der Waals surface area (Å²) in [6.45, 7) is 5.20. The maximum absolute atomic E-state index is 12.0. The first-order chi connectivity index (χ1) is 8.86. The highest BCUT2D eigenvalue weighted by Crippen LogP contribution is 2.14. The molecule has 104 valence electrons. The summed E-state index contributed by atoms with van der Waals surface area (Å²) in [7, 11) is -3.74. The number of carbonyl (C=O) groups is 1. The first-order valence-corrected chi connectivity index (χ1v) is 7.39. The molecule has 5 nitrogen and oxygen atoms in total. The van der Waals surface area contributed by atoms with Crippen molar-refractivity contribution in [2.45, 2.75) is 17.9 Å². The molecule has 0 heterocycles. The Labute approximate surface area is 117 Å². The van der Waals surface area contributed by atoms with Gasteiger partial charge in [-0.25, -0.2) is 8.42 Å². The van der Waals surface area contributed by atoms with E-state index in [-0.39, 0.29) is 11.4 Å². The molecule has 1 aromatic carbocycles. The average molecular weight is 303 g/mol. The Morgan fingerprint density at radius 2 is 2.00 bits per heavy atom. The summed E-state index contributed by atoms with van der Waals surface area (Å²) in [5.41, 5.74) is 0. The molecule has 0 aliphatic heterocycles. The molecule has 19 heavy (non-hydrogen) atoms. The Bertz CT molecular complexity index is 555. The molecule has 0 saturated heterocycles. The zero-order chi connectivity index (χ0) is 14.5. The number of nitrogens with one attached hydrogen (secondary N) is 2. The van der Waals surface area contributed by atoms with Crippen molar-refractivity contribution >= 4 is 27.5 Å². The second kappa shape index (κ2) is 6.70. The Morgan fingerprint density at radius 3 is 2.53 bits per heavy atom. The summed E-state index contributed by atoms with van der Waals surface area (Å²) in [6.07, 6.45) is 1.51. The number of rotatable bonds is 6. The van der Waals surface area contributed by atoms with Crippen LogP contribution in [0.25, 0.3) is 0 Å². The molecule has 0 aliphatic carbocycles. The number of carbonyl (C=O) groups excluding carboxylic acids is 1. The van der Waals surface area contributed by atoms with Crippen molar-refractivity contribution in [2.75, 3.05) is 6.54 Å². The van der Waals surface area contributed by atoms with Crippen LogP contribution in [-0.4, -0.2) is 26.9 Å². The van der Waals surface area contributed by atoms with Gasteiger partial charge in [0.15, 0.2) is 0 Å². The molecule has 1 atom stereocenters. The molecule has 0 saturated carbocycles. The van der Waals surface area contributed by atoms with Gasteiger partial charge in [-0.1, -0.05) is 17.7 Å². The lowest BCUT2D eigenvalue weighted by atomic mass is 10.3. The number of hydrogen-bond acceptors (Lipinski definition) is 3. The summed E-state index contributed by atoms with van der Waals surface area (Å²) in [4.78, 5) is 11.6. The number of amides is 1. The van der Waals surface area contributed by atoms with Crippen molar-refractivity contribution < 1.29 is 13.2 Å². The van der Waals surface area contributed by atoms with Crippen molar-refractivity contribution in [3.63, 3.8) is 0 Å². The molecule has 1 amide bonds. The summed E-state index contributed by atoms with van der Waals surface area (Å²) in [5, 5.41) is 2.95. The van der Waals surface area contributed by atoms with Gasteiger partial charge in [0.1, 0.15) is 0 Å². The average Bonchev–Trinajstić information content (AvgIpc) is 2.35. The highest BCUT2D eigenvalue weighted by molar-refractivity contribution is 7.89. The molecule has 7 heteroatoms. The second-order valence-corrected chi connectivity index (χ2v) is 5.98. The summed E-state index contributed by atoms with van der Waals surface area (Å²) < 4.78 is 26.2. The van der Waals surface area contributed by atoms with Crippen LogP contribution in [-0.2, 0) is 14.8 Å². The maximum atomic E-state index is 12.0. The van der Waals surface area contributed by atoms with Crippen LogP contribution in [0.2, 0.25) is 5.02 Å². The van der Waals surface area contributed by atoms with E-state index in [0.29, 0.717) is 5.02 Å². The molecule has 1 rings (SSSR count). The third-order valence-corrected chi connectivity index (χ3v) is 4.08. The van der Waals surface area contributed by atoms with E-state index in [9.17, 15) is 13.2 Å². The first-order valence-electron chi connectivity index (χ1n) is 5.53. The van der Waals surface area contributed by atoms with E-state index in [4.69, 9.17) is 11.6 Å². The van der Waals surface area contributed by atoms with Gasteiger partial charge in [0.25, 0.3) is 0 Å². The van der Waals surface area contributed by atoms with E-state index in [1.54, 1.807) is 0 Å². The minimum absolute atomic E-state index is 0.0558. The number of sulfonamides is 1. The van der Waals surface area contributed by atoms with Crippen LogP contribution in [0, 0.1) is 0 Å². The fourth-order valence-electron chi connectivity index (χ4n) is 1.29. The van der Waals surface area contributed by atoms with Crippen LogP contribution in [0.4, 0.5) is 0 Å². The zero-order valence-electron chi connectivity index (χ0n) is 10.4. The molecule has 1 aromatic rings. The van der Waals surface area contributed by atoms with Gasteiger partial charge in [-0.05, 0) is 31.2 Å². The van der Waals surface area contributed by atoms with Crippen molar-refractivity contribution in [2.24, 2.45) is 0 Å². The van der Waals surface area contributed by atoms with Crippen LogP contribution in [0.15, 0.2) is 41.8 Å². The monoisotopic (exact) mass is 302 g/mol. The van der Waals surface area contributed by atoms with Crippen LogP contribution in [0.3, 0.4) is 0 Å². The summed E-state index contributed by atoms with van der Waals surface area (Å²) >= 11 is 5.69. The van der Waals surface area contributed by atoms with Gasteiger partial charge in [-0.2, -0.15) is 4.72 Å². The number of halogens is 1. The third kappa shape index (κ3) is 4.66.